The van der Waals surface area contributed by atoms with Crippen LogP contribution in [-0.2, 0) is 11.2 Å². The maximum atomic E-state index is 12.8. The maximum Gasteiger partial charge on any atom is 0.340 e. The second kappa shape index (κ2) is 7.76. The third kappa shape index (κ3) is 3.31. The summed E-state index contributed by atoms with van der Waals surface area (Å²) in [6.45, 7) is 5.68. The first-order valence-electron chi connectivity index (χ1n) is 10.2. The van der Waals surface area contributed by atoms with Gasteiger partial charge in [-0.15, -0.1) is 11.3 Å². The summed E-state index contributed by atoms with van der Waals surface area (Å²) in [4.78, 5) is 29.3. The monoisotopic (exact) mass is 444 g/mol. The van der Waals surface area contributed by atoms with E-state index in [1.54, 1.807) is 11.6 Å². The number of benzene rings is 2. The molecule has 0 aliphatic carbocycles. The van der Waals surface area contributed by atoms with Crippen LogP contribution < -0.4 is 10.9 Å². The minimum Gasteiger partial charge on any atom is -0.460 e. The van der Waals surface area contributed by atoms with E-state index in [9.17, 15) is 9.59 Å². The summed E-state index contributed by atoms with van der Waals surface area (Å²) in [7, 11) is 0. The highest BCUT2D eigenvalue weighted by atomic mass is 32.1. The molecule has 1 N–H and O–H groups in total. The minimum absolute atomic E-state index is 0.0866. The zero-order valence-electron chi connectivity index (χ0n) is 17.8. The lowest BCUT2D eigenvalue weighted by molar-refractivity contribution is -0.115. The number of furan rings is 1. The Bertz CT molecular complexity index is 1530. The van der Waals surface area contributed by atoms with Gasteiger partial charge in [-0.3, -0.25) is 4.79 Å². The molecule has 160 valence electrons. The molecule has 5 rings (SSSR count). The van der Waals surface area contributed by atoms with Crippen molar-refractivity contribution >= 4 is 44.3 Å². The van der Waals surface area contributed by atoms with Gasteiger partial charge in [0.05, 0.1) is 12.0 Å². The van der Waals surface area contributed by atoms with Crippen molar-refractivity contribution < 1.29 is 13.6 Å². The van der Waals surface area contributed by atoms with Crippen LogP contribution in [0.2, 0.25) is 0 Å². The van der Waals surface area contributed by atoms with Crippen LogP contribution in [0.1, 0.15) is 22.5 Å². The molecule has 0 unspecified atom stereocenters. The molecular formula is C25H20N2O4S. The summed E-state index contributed by atoms with van der Waals surface area (Å²) in [6, 6.07) is 12.0. The van der Waals surface area contributed by atoms with Gasteiger partial charge in [-0.25, -0.2) is 9.78 Å². The van der Waals surface area contributed by atoms with E-state index in [0.29, 0.717) is 21.9 Å². The molecule has 3 aromatic heterocycles. The van der Waals surface area contributed by atoms with Gasteiger partial charge < -0.3 is 14.2 Å². The van der Waals surface area contributed by atoms with Gasteiger partial charge in [-0.05, 0) is 38.0 Å². The Labute approximate surface area is 187 Å². The molecule has 0 aliphatic rings. The lowest BCUT2D eigenvalue weighted by Gasteiger charge is -2.10. The number of nitrogens with one attached hydrogen (secondary N) is 1. The predicted molar refractivity (Wildman–Crippen MR) is 126 cm³/mol. The third-order valence-corrected chi connectivity index (χ3v) is 6.40. The summed E-state index contributed by atoms with van der Waals surface area (Å²) in [5.41, 5.74) is 4.57. The van der Waals surface area contributed by atoms with Crippen molar-refractivity contribution in [1.82, 2.24) is 4.98 Å². The topological polar surface area (TPSA) is 85.3 Å². The average molecular weight is 445 g/mol. The zero-order valence-corrected chi connectivity index (χ0v) is 18.6. The predicted octanol–water partition coefficient (Wildman–Crippen LogP) is 5.77. The van der Waals surface area contributed by atoms with E-state index in [2.05, 4.69) is 10.3 Å². The van der Waals surface area contributed by atoms with Crippen LogP contribution >= 0.6 is 11.3 Å². The van der Waals surface area contributed by atoms with Crippen molar-refractivity contribution in [2.75, 3.05) is 5.32 Å². The molecule has 0 bridgehead atoms. The van der Waals surface area contributed by atoms with Crippen LogP contribution in [0, 0.1) is 20.8 Å². The van der Waals surface area contributed by atoms with Gasteiger partial charge in [0.1, 0.15) is 16.9 Å². The number of hydrogen-bond acceptors (Lipinski definition) is 6. The number of rotatable bonds is 4. The van der Waals surface area contributed by atoms with Crippen molar-refractivity contribution in [1.29, 1.82) is 0 Å². The molecule has 0 atom stereocenters. The molecular weight excluding hydrogens is 424 g/mol. The summed E-state index contributed by atoms with van der Waals surface area (Å²) < 4.78 is 11.8. The molecule has 6 nitrogen and oxygen atoms in total. The Morgan fingerprint density at radius 1 is 1.03 bits per heavy atom. The fourth-order valence-electron chi connectivity index (χ4n) is 4.15. The average Bonchev–Trinajstić information content (AvgIpc) is 3.40. The highest BCUT2D eigenvalue weighted by Crippen LogP contribution is 2.39. The lowest BCUT2D eigenvalue weighted by Crippen LogP contribution is -2.20. The highest BCUT2D eigenvalue weighted by Gasteiger charge is 2.22. The van der Waals surface area contributed by atoms with Crippen LogP contribution in [0.25, 0.3) is 33.1 Å². The van der Waals surface area contributed by atoms with Crippen molar-refractivity contribution in [3.63, 3.8) is 0 Å². The van der Waals surface area contributed by atoms with E-state index in [1.807, 2.05) is 57.2 Å². The van der Waals surface area contributed by atoms with E-state index in [1.165, 1.54) is 11.3 Å². The smallest absolute Gasteiger partial charge is 0.340 e. The normalized spacial score (nSPS) is 11.3. The SMILES string of the molecule is Cc1oc2c(C)c3oc(=O)c(CC(=O)Nc4nccs4)c(C)c3cc2c1-c1ccccc1. The first-order valence-corrected chi connectivity index (χ1v) is 11.1. The number of nitrogens with zero attached hydrogens (tertiary/aromatic N) is 1. The molecule has 0 saturated heterocycles. The van der Waals surface area contributed by atoms with Gasteiger partial charge in [0.25, 0.3) is 0 Å². The number of fused-ring (bicyclic) bond motifs is 2. The fourth-order valence-corrected chi connectivity index (χ4v) is 4.70. The summed E-state index contributed by atoms with van der Waals surface area (Å²) in [6.07, 6.45) is 1.53. The van der Waals surface area contributed by atoms with E-state index in [-0.39, 0.29) is 12.3 Å². The van der Waals surface area contributed by atoms with Crippen molar-refractivity contribution in [3.8, 4) is 11.1 Å². The standard InChI is InChI=1S/C25H20N2O4S/c1-13-17-11-19-21(16-7-5-4-6-8-16)15(3)30-23(19)14(2)22(17)31-24(29)18(13)12-20(28)27-25-26-9-10-32-25/h4-11H,12H2,1-3H3,(H,26,27,28). The van der Waals surface area contributed by atoms with E-state index in [0.717, 1.165) is 38.8 Å². The zero-order chi connectivity index (χ0) is 22.4. The number of aromatic nitrogens is 1. The van der Waals surface area contributed by atoms with Crippen LogP contribution in [0.4, 0.5) is 5.13 Å². The van der Waals surface area contributed by atoms with Gasteiger partial charge >= 0.3 is 5.63 Å². The van der Waals surface area contributed by atoms with Crippen molar-refractivity contribution in [2.45, 2.75) is 27.2 Å². The van der Waals surface area contributed by atoms with E-state index < -0.39 is 5.63 Å². The molecule has 1 amide bonds. The molecule has 0 aliphatic heterocycles. The maximum absolute atomic E-state index is 12.8. The fraction of sp³-hybridized carbons (Fsp3) is 0.160. The first kappa shape index (κ1) is 20.2. The third-order valence-electron chi connectivity index (χ3n) is 5.71. The van der Waals surface area contributed by atoms with Gasteiger partial charge in [-0.2, -0.15) is 0 Å². The lowest BCUT2D eigenvalue weighted by atomic mass is 9.96. The Morgan fingerprint density at radius 2 is 1.78 bits per heavy atom. The molecule has 3 heterocycles. The molecule has 5 aromatic rings. The Hall–Kier alpha value is -3.71. The Morgan fingerprint density at radius 3 is 2.50 bits per heavy atom. The molecule has 0 saturated carbocycles. The van der Waals surface area contributed by atoms with Crippen molar-refractivity contribution in [2.24, 2.45) is 0 Å². The largest absolute Gasteiger partial charge is 0.460 e. The Balaban J connectivity index is 1.68. The van der Waals surface area contributed by atoms with Crippen LogP contribution in [0.3, 0.4) is 0 Å². The van der Waals surface area contributed by atoms with E-state index in [4.69, 9.17) is 8.83 Å². The van der Waals surface area contributed by atoms with Gasteiger partial charge in [-0.1, -0.05) is 30.3 Å². The summed E-state index contributed by atoms with van der Waals surface area (Å²) in [5.74, 6) is 0.490. The number of hydrogen-bond donors (Lipinski definition) is 1. The number of anilines is 1. The van der Waals surface area contributed by atoms with Crippen LogP contribution in [-0.4, -0.2) is 10.9 Å². The molecule has 0 fully saturated rings. The number of carbonyl (C=O) groups is 1. The van der Waals surface area contributed by atoms with E-state index >= 15 is 0 Å². The van der Waals surface area contributed by atoms with Crippen LogP contribution in [0.5, 0.6) is 0 Å². The van der Waals surface area contributed by atoms with Crippen LogP contribution in [0.15, 0.2) is 61.6 Å². The molecule has 0 radical (unpaired) electrons. The van der Waals surface area contributed by atoms with Gasteiger partial charge in [0.15, 0.2) is 5.13 Å². The summed E-state index contributed by atoms with van der Waals surface area (Å²) >= 11 is 1.32. The number of aryl methyl sites for hydroxylation is 3. The first-order chi connectivity index (χ1) is 15.4. The molecule has 32 heavy (non-hydrogen) atoms. The molecule has 7 heteroatoms. The van der Waals surface area contributed by atoms with Crippen molar-refractivity contribution in [3.05, 3.63) is 80.8 Å². The molecule has 2 aromatic carbocycles. The second-order valence-corrected chi connectivity index (χ2v) is 8.60. The highest BCUT2D eigenvalue weighted by molar-refractivity contribution is 7.13. The van der Waals surface area contributed by atoms with Gasteiger partial charge in [0, 0.05) is 33.5 Å². The number of carbonyl (C=O) groups excluding carboxylic acids is 1. The molecule has 0 spiro atoms. The number of amides is 1. The second-order valence-electron chi connectivity index (χ2n) is 7.71. The Kier molecular flexibility index (Phi) is 4.90. The summed E-state index contributed by atoms with van der Waals surface area (Å²) in [5, 5.41) is 6.74. The quantitative estimate of drug-likeness (QED) is 0.356. The minimum atomic E-state index is -0.515. The number of thiazole rings is 1. The van der Waals surface area contributed by atoms with Gasteiger partial charge in [0.2, 0.25) is 5.91 Å².